The largest absolute Gasteiger partial charge is 0.478 e. The van der Waals surface area contributed by atoms with E-state index in [1.54, 1.807) is 0 Å². The first-order chi connectivity index (χ1) is 12.0. The van der Waals surface area contributed by atoms with E-state index in [1.165, 1.54) is 5.56 Å². The lowest BCUT2D eigenvalue weighted by atomic mass is 9.98. The third-order valence-electron chi connectivity index (χ3n) is 4.95. The monoisotopic (exact) mass is 336 g/mol. The Bertz CT molecular complexity index is 955. The standard InChI is InChI=1S/C20H20N2O3/c1-11(2)13-8-6-12(7-9-13)10-16-18-17(20(23)24)14-4-3-5-15(14)21-19(18)25-22-16/h6-9,11H,3-5,10H2,1-2H3,(H,23,24). The van der Waals surface area contributed by atoms with Gasteiger partial charge in [-0.1, -0.05) is 43.3 Å². The van der Waals surface area contributed by atoms with Gasteiger partial charge in [0.2, 0.25) is 0 Å². The molecule has 2 aromatic heterocycles. The fourth-order valence-electron chi connectivity index (χ4n) is 3.60. The second-order valence-electron chi connectivity index (χ2n) is 6.95. The van der Waals surface area contributed by atoms with Gasteiger partial charge < -0.3 is 9.63 Å². The van der Waals surface area contributed by atoms with Gasteiger partial charge in [-0.2, -0.15) is 0 Å². The number of fused-ring (bicyclic) bond motifs is 2. The molecule has 2 heterocycles. The summed E-state index contributed by atoms with van der Waals surface area (Å²) < 4.78 is 5.37. The third-order valence-corrected chi connectivity index (χ3v) is 4.95. The molecule has 0 unspecified atom stereocenters. The van der Waals surface area contributed by atoms with Crippen LogP contribution < -0.4 is 0 Å². The van der Waals surface area contributed by atoms with Crippen LogP contribution in [0.15, 0.2) is 28.8 Å². The Morgan fingerprint density at radius 2 is 2.00 bits per heavy atom. The van der Waals surface area contributed by atoms with Crippen molar-refractivity contribution >= 4 is 17.1 Å². The van der Waals surface area contributed by atoms with Gasteiger partial charge in [0.15, 0.2) is 0 Å². The van der Waals surface area contributed by atoms with Gasteiger partial charge in [0, 0.05) is 12.1 Å². The average Bonchev–Trinajstić information content (AvgIpc) is 3.20. The van der Waals surface area contributed by atoms with Crippen molar-refractivity contribution in [2.75, 3.05) is 0 Å². The van der Waals surface area contributed by atoms with E-state index in [-0.39, 0.29) is 0 Å². The van der Waals surface area contributed by atoms with Crippen LogP contribution in [0.3, 0.4) is 0 Å². The van der Waals surface area contributed by atoms with Crippen molar-refractivity contribution in [1.82, 2.24) is 10.1 Å². The highest BCUT2D eigenvalue weighted by Gasteiger charge is 2.27. The Balaban J connectivity index is 1.79. The Kier molecular flexibility index (Phi) is 3.79. The van der Waals surface area contributed by atoms with Crippen molar-refractivity contribution in [2.45, 2.75) is 45.4 Å². The molecule has 1 N–H and O–H groups in total. The molecular formula is C20H20N2O3. The van der Waals surface area contributed by atoms with Gasteiger partial charge in [0.1, 0.15) is 0 Å². The second-order valence-corrected chi connectivity index (χ2v) is 6.95. The topological polar surface area (TPSA) is 76.2 Å². The summed E-state index contributed by atoms with van der Waals surface area (Å²) in [6, 6.07) is 8.35. The molecule has 1 aliphatic carbocycles. The molecule has 0 spiro atoms. The number of nitrogens with zero attached hydrogens (tertiary/aromatic N) is 2. The average molecular weight is 336 g/mol. The predicted octanol–water partition coefficient (Wildman–Crippen LogP) is 4.12. The van der Waals surface area contributed by atoms with Gasteiger partial charge in [-0.3, -0.25) is 0 Å². The quantitative estimate of drug-likeness (QED) is 0.775. The van der Waals surface area contributed by atoms with Crippen LogP contribution in [-0.2, 0) is 19.3 Å². The molecule has 5 nitrogen and oxygen atoms in total. The zero-order valence-electron chi connectivity index (χ0n) is 14.4. The molecular weight excluding hydrogens is 316 g/mol. The number of carboxylic acid groups (broad SMARTS) is 1. The van der Waals surface area contributed by atoms with Crippen LogP contribution >= 0.6 is 0 Å². The molecule has 25 heavy (non-hydrogen) atoms. The number of aromatic carboxylic acids is 1. The summed E-state index contributed by atoms with van der Waals surface area (Å²) in [4.78, 5) is 16.4. The smallest absolute Gasteiger partial charge is 0.336 e. The highest BCUT2D eigenvalue weighted by molar-refractivity contribution is 6.04. The summed E-state index contributed by atoms with van der Waals surface area (Å²) in [5, 5.41) is 14.4. The van der Waals surface area contributed by atoms with Crippen LogP contribution in [-0.4, -0.2) is 21.2 Å². The Labute approximate surface area is 145 Å². The first-order valence-electron chi connectivity index (χ1n) is 8.66. The Hall–Kier alpha value is -2.69. The van der Waals surface area contributed by atoms with E-state index < -0.39 is 5.97 Å². The van der Waals surface area contributed by atoms with Crippen molar-refractivity contribution in [1.29, 1.82) is 0 Å². The molecule has 4 rings (SSSR count). The lowest BCUT2D eigenvalue weighted by Gasteiger charge is -2.07. The van der Waals surface area contributed by atoms with E-state index >= 15 is 0 Å². The van der Waals surface area contributed by atoms with Crippen LogP contribution in [0, 0.1) is 0 Å². The number of hydrogen-bond donors (Lipinski definition) is 1. The van der Waals surface area contributed by atoms with Crippen molar-refractivity contribution in [3.63, 3.8) is 0 Å². The Morgan fingerprint density at radius 3 is 2.68 bits per heavy atom. The Morgan fingerprint density at radius 1 is 1.24 bits per heavy atom. The summed E-state index contributed by atoms with van der Waals surface area (Å²) in [7, 11) is 0. The maximum absolute atomic E-state index is 11.9. The SMILES string of the molecule is CC(C)c1ccc(Cc2noc3nc4c(c(C(=O)O)c23)CCC4)cc1. The fraction of sp³-hybridized carbons (Fsp3) is 0.350. The number of carbonyl (C=O) groups is 1. The molecule has 0 amide bonds. The number of hydrogen-bond acceptors (Lipinski definition) is 4. The fourth-order valence-corrected chi connectivity index (χ4v) is 3.60. The number of aryl methyl sites for hydroxylation is 1. The molecule has 1 aromatic carbocycles. The van der Waals surface area contributed by atoms with Crippen molar-refractivity contribution in [3.05, 3.63) is 57.9 Å². The third kappa shape index (κ3) is 2.69. The van der Waals surface area contributed by atoms with Gasteiger partial charge in [-0.25, -0.2) is 9.78 Å². The predicted molar refractivity (Wildman–Crippen MR) is 94.1 cm³/mol. The van der Waals surface area contributed by atoms with Gasteiger partial charge >= 0.3 is 5.97 Å². The highest BCUT2D eigenvalue weighted by atomic mass is 16.5. The summed E-state index contributed by atoms with van der Waals surface area (Å²) >= 11 is 0. The van der Waals surface area contributed by atoms with Crippen LogP contribution in [0.2, 0.25) is 0 Å². The van der Waals surface area contributed by atoms with Crippen LogP contribution in [0.1, 0.15) is 64.6 Å². The van der Waals surface area contributed by atoms with E-state index in [0.29, 0.717) is 34.7 Å². The van der Waals surface area contributed by atoms with Gasteiger partial charge in [-0.05, 0) is 41.9 Å². The van der Waals surface area contributed by atoms with E-state index in [2.05, 4.69) is 48.3 Å². The lowest BCUT2D eigenvalue weighted by molar-refractivity contribution is 0.0697. The molecule has 0 aliphatic heterocycles. The summed E-state index contributed by atoms with van der Waals surface area (Å²) in [6.45, 7) is 4.32. The normalized spacial score (nSPS) is 13.6. The highest BCUT2D eigenvalue weighted by Crippen LogP contribution is 2.32. The van der Waals surface area contributed by atoms with Crippen LogP contribution in [0.5, 0.6) is 0 Å². The van der Waals surface area contributed by atoms with Crippen molar-refractivity contribution < 1.29 is 14.4 Å². The molecule has 0 saturated heterocycles. The van der Waals surface area contributed by atoms with E-state index in [9.17, 15) is 9.90 Å². The number of benzene rings is 1. The van der Waals surface area contributed by atoms with Crippen molar-refractivity contribution in [2.24, 2.45) is 0 Å². The van der Waals surface area contributed by atoms with Crippen LogP contribution in [0.4, 0.5) is 0 Å². The number of pyridine rings is 1. The zero-order valence-corrected chi connectivity index (χ0v) is 14.4. The summed E-state index contributed by atoms with van der Waals surface area (Å²) in [5.41, 5.74) is 5.36. The van der Waals surface area contributed by atoms with E-state index in [0.717, 1.165) is 36.1 Å². The maximum atomic E-state index is 11.9. The second kappa shape index (κ2) is 5.99. The van der Waals surface area contributed by atoms with Gasteiger partial charge in [-0.15, -0.1) is 0 Å². The molecule has 128 valence electrons. The first kappa shape index (κ1) is 15.8. The van der Waals surface area contributed by atoms with Crippen LogP contribution in [0.25, 0.3) is 11.1 Å². The van der Waals surface area contributed by atoms with Crippen molar-refractivity contribution in [3.8, 4) is 0 Å². The minimum absolute atomic E-state index is 0.326. The maximum Gasteiger partial charge on any atom is 0.336 e. The summed E-state index contributed by atoms with van der Waals surface area (Å²) in [6.07, 6.45) is 3.03. The molecule has 0 bridgehead atoms. The molecule has 0 atom stereocenters. The molecule has 5 heteroatoms. The molecule has 0 radical (unpaired) electrons. The number of rotatable bonds is 4. The molecule has 1 aliphatic rings. The molecule has 0 fully saturated rings. The number of aromatic nitrogens is 2. The minimum Gasteiger partial charge on any atom is -0.478 e. The lowest BCUT2D eigenvalue weighted by Crippen LogP contribution is -2.06. The number of carboxylic acids is 1. The summed E-state index contributed by atoms with van der Waals surface area (Å²) in [5.74, 6) is -0.447. The molecule has 0 saturated carbocycles. The van der Waals surface area contributed by atoms with E-state index in [1.807, 2.05) is 0 Å². The van der Waals surface area contributed by atoms with Gasteiger partial charge in [0.05, 0.1) is 16.6 Å². The minimum atomic E-state index is -0.926. The van der Waals surface area contributed by atoms with Gasteiger partial charge in [0.25, 0.3) is 5.71 Å². The van der Waals surface area contributed by atoms with E-state index in [4.69, 9.17) is 4.52 Å². The first-order valence-corrected chi connectivity index (χ1v) is 8.66. The molecule has 3 aromatic rings. The zero-order chi connectivity index (χ0) is 17.6.